The minimum absolute atomic E-state index is 0.673. The highest BCUT2D eigenvalue weighted by Gasteiger charge is 2.37. The lowest BCUT2D eigenvalue weighted by molar-refractivity contribution is -0.153. The highest BCUT2D eigenvalue weighted by atomic mass is 79.9. The van der Waals surface area contributed by atoms with Crippen molar-refractivity contribution < 1.29 is 15.0 Å². The Morgan fingerprint density at radius 3 is 2.47 bits per heavy atom. The number of aliphatic hydroxyl groups excluding tert-OH is 1. The van der Waals surface area contributed by atoms with Crippen LogP contribution in [0.3, 0.4) is 0 Å². The fraction of sp³-hybridized carbons (Fsp3) is 0.500. The van der Waals surface area contributed by atoms with E-state index in [-0.39, 0.29) is 0 Å². The molecule has 1 aromatic heterocycles. The molecule has 0 radical (unpaired) electrons. The average Bonchev–Trinajstić information content (AvgIpc) is 2.45. The number of carboxylic acid groups (broad SMARTS) is 1. The molecule has 0 bridgehead atoms. The predicted octanol–water partition coefficient (Wildman–Crippen LogP) is 2.96. The van der Waals surface area contributed by atoms with Crippen LogP contribution in [-0.2, 0) is 4.79 Å². The number of carbonyl (C=O) groups is 1. The molecule has 84 valence electrons. The van der Waals surface area contributed by atoms with E-state index in [0.29, 0.717) is 4.88 Å². The second kappa shape index (κ2) is 4.23. The van der Waals surface area contributed by atoms with E-state index in [1.807, 2.05) is 6.92 Å². The number of thiophene rings is 1. The fourth-order valence-corrected chi connectivity index (χ4v) is 2.82. The minimum Gasteiger partial charge on any atom is -0.481 e. The molecule has 1 atom stereocenters. The third-order valence-corrected chi connectivity index (χ3v) is 4.57. The van der Waals surface area contributed by atoms with E-state index in [2.05, 4.69) is 15.9 Å². The Balaban J connectivity index is 3.04. The Bertz CT molecular complexity index is 365. The summed E-state index contributed by atoms with van der Waals surface area (Å²) in [6.07, 6.45) is -0.981. The Hall–Kier alpha value is -0.390. The van der Waals surface area contributed by atoms with Crippen LogP contribution >= 0.6 is 27.3 Å². The summed E-state index contributed by atoms with van der Waals surface area (Å²) in [4.78, 5) is 12.7. The summed E-state index contributed by atoms with van der Waals surface area (Å²) in [7, 11) is 0. The van der Waals surface area contributed by atoms with E-state index in [0.717, 1.165) is 9.35 Å². The van der Waals surface area contributed by atoms with Crippen LogP contribution in [0.25, 0.3) is 0 Å². The maximum absolute atomic E-state index is 11.0. The zero-order chi connectivity index (χ0) is 11.8. The standard InChI is InChI=1S/C10H13BrO3S/c1-5-6(11)4-7(15-5)8(12)10(2,3)9(13)14/h4,8,12H,1-3H3,(H,13,14). The van der Waals surface area contributed by atoms with Gasteiger partial charge in [-0.3, -0.25) is 4.79 Å². The SMILES string of the molecule is Cc1sc(C(O)C(C)(C)C(=O)O)cc1Br. The molecular formula is C10H13BrO3S. The van der Waals surface area contributed by atoms with Crippen molar-refractivity contribution in [2.75, 3.05) is 0 Å². The van der Waals surface area contributed by atoms with Crippen LogP contribution in [0.1, 0.15) is 29.7 Å². The smallest absolute Gasteiger partial charge is 0.312 e. The van der Waals surface area contributed by atoms with Crippen LogP contribution in [0.4, 0.5) is 0 Å². The lowest BCUT2D eigenvalue weighted by atomic mass is 9.86. The highest BCUT2D eigenvalue weighted by molar-refractivity contribution is 9.10. The molecule has 1 heterocycles. The third kappa shape index (κ3) is 2.41. The molecule has 0 aliphatic heterocycles. The van der Waals surface area contributed by atoms with Crippen molar-refractivity contribution in [3.63, 3.8) is 0 Å². The van der Waals surface area contributed by atoms with Gasteiger partial charge in [0.1, 0.15) is 6.10 Å². The summed E-state index contributed by atoms with van der Waals surface area (Å²) >= 11 is 4.75. The molecule has 5 heteroatoms. The van der Waals surface area contributed by atoms with Crippen molar-refractivity contribution in [3.05, 3.63) is 20.3 Å². The predicted molar refractivity (Wildman–Crippen MR) is 63.1 cm³/mol. The normalized spacial score (nSPS) is 13.9. The molecule has 0 amide bonds. The second-order valence-corrected chi connectivity index (χ2v) is 6.12. The Kier molecular flexibility index (Phi) is 3.58. The van der Waals surface area contributed by atoms with Gasteiger partial charge in [0.15, 0.2) is 0 Å². The molecule has 0 saturated carbocycles. The Morgan fingerprint density at radius 1 is 1.60 bits per heavy atom. The first kappa shape index (κ1) is 12.7. The topological polar surface area (TPSA) is 57.5 Å². The van der Waals surface area contributed by atoms with Crippen molar-refractivity contribution in [2.45, 2.75) is 26.9 Å². The van der Waals surface area contributed by atoms with Gasteiger partial charge in [-0.1, -0.05) is 0 Å². The number of aryl methyl sites for hydroxylation is 1. The quantitative estimate of drug-likeness (QED) is 0.900. The monoisotopic (exact) mass is 292 g/mol. The van der Waals surface area contributed by atoms with E-state index < -0.39 is 17.5 Å². The van der Waals surface area contributed by atoms with Crippen LogP contribution < -0.4 is 0 Å². The summed E-state index contributed by atoms with van der Waals surface area (Å²) < 4.78 is 0.905. The molecule has 0 spiro atoms. The van der Waals surface area contributed by atoms with E-state index in [1.165, 1.54) is 25.2 Å². The van der Waals surface area contributed by atoms with Crippen LogP contribution in [0.2, 0.25) is 0 Å². The molecule has 1 rings (SSSR count). The summed E-state index contributed by atoms with van der Waals surface area (Å²) in [5.74, 6) is -1.00. The second-order valence-electron chi connectivity index (χ2n) is 3.98. The molecule has 2 N–H and O–H groups in total. The van der Waals surface area contributed by atoms with Gasteiger partial charge < -0.3 is 10.2 Å². The first-order valence-electron chi connectivity index (χ1n) is 4.44. The van der Waals surface area contributed by atoms with Crippen molar-refractivity contribution in [1.82, 2.24) is 0 Å². The van der Waals surface area contributed by atoms with Gasteiger partial charge in [0.2, 0.25) is 0 Å². The molecule has 3 nitrogen and oxygen atoms in total. The molecule has 15 heavy (non-hydrogen) atoms. The van der Waals surface area contributed by atoms with Crippen LogP contribution in [-0.4, -0.2) is 16.2 Å². The molecular weight excluding hydrogens is 280 g/mol. The third-order valence-electron chi connectivity index (χ3n) is 2.38. The van der Waals surface area contributed by atoms with E-state index >= 15 is 0 Å². The Morgan fingerprint density at radius 2 is 2.13 bits per heavy atom. The maximum Gasteiger partial charge on any atom is 0.312 e. The van der Waals surface area contributed by atoms with Crippen LogP contribution in [0, 0.1) is 12.3 Å². The summed E-state index contributed by atoms with van der Waals surface area (Å²) in [5.41, 5.74) is -1.17. The number of halogens is 1. The van der Waals surface area contributed by atoms with E-state index in [1.54, 1.807) is 6.07 Å². The highest BCUT2D eigenvalue weighted by Crippen LogP contribution is 2.39. The van der Waals surface area contributed by atoms with Gasteiger partial charge in [0.25, 0.3) is 0 Å². The first-order chi connectivity index (χ1) is 6.76. The van der Waals surface area contributed by atoms with Crippen LogP contribution in [0.5, 0.6) is 0 Å². The molecule has 0 fully saturated rings. The zero-order valence-electron chi connectivity index (χ0n) is 8.74. The molecule has 1 aromatic rings. The van der Waals surface area contributed by atoms with Gasteiger partial charge in [-0.15, -0.1) is 11.3 Å². The number of carboxylic acids is 1. The number of hydrogen-bond acceptors (Lipinski definition) is 3. The number of aliphatic hydroxyl groups is 1. The van der Waals surface area contributed by atoms with E-state index in [9.17, 15) is 9.90 Å². The molecule has 0 aliphatic carbocycles. The van der Waals surface area contributed by atoms with Crippen LogP contribution in [0.15, 0.2) is 10.5 Å². The maximum atomic E-state index is 11.0. The Labute approximate surface area is 101 Å². The van der Waals surface area contributed by atoms with Crippen molar-refractivity contribution in [2.24, 2.45) is 5.41 Å². The summed E-state index contributed by atoms with van der Waals surface area (Å²) in [5, 5.41) is 18.9. The van der Waals surface area contributed by atoms with Crippen molar-refractivity contribution in [3.8, 4) is 0 Å². The number of rotatable bonds is 3. The number of aliphatic carboxylic acids is 1. The molecule has 0 aliphatic rings. The summed E-state index contributed by atoms with van der Waals surface area (Å²) in [6.45, 7) is 4.95. The summed E-state index contributed by atoms with van der Waals surface area (Å²) in [6, 6.07) is 1.77. The van der Waals surface area contributed by atoms with Gasteiger partial charge in [-0.25, -0.2) is 0 Å². The molecule has 1 unspecified atom stereocenters. The average molecular weight is 293 g/mol. The fourth-order valence-electron chi connectivity index (χ4n) is 1.09. The first-order valence-corrected chi connectivity index (χ1v) is 6.05. The van der Waals surface area contributed by atoms with Gasteiger partial charge >= 0.3 is 5.97 Å². The van der Waals surface area contributed by atoms with Gasteiger partial charge in [0.05, 0.1) is 5.41 Å². The molecule has 0 saturated heterocycles. The van der Waals surface area contributed by atoms with Gasteiger partial charge in [0, 0.05) is 14.2 Å². The van der Waals surface area contributed by atoms with Gasteiger partial charge in [-0.05, 0) is 42.8 Å². The largest absolute Gasteiger partial charge is 0.481 e. The molecule has 0 aromatic carbocycles. The van der Waals surface area contributed by atoms with E-state index in [4.69, 9.17) is 5.11 Å². The lowest BCUT2D eigenvalue weighted by Crippen LogP contribution is -2.30. The zero-order valence-corrected chi connectivity index (χ0v) is 11.1. The van der Waals surface area contributed by atoms with Gasteiger partial charge in [-0.2, -0.15) is 0 Å². The van der Waals surface area contributed by atoms with Crippen molar-refractivity contribution in [1.29, 1.82) is 0 Å². The minimum atomic E-state index is -1.17. The number of hydrogen-bond donors (Lipinski definition) is 2. The lowest BCUT2D eigenvalue weighted by Gasteiger charge is -2.24. The van der Waals surface area contributed by atoms with Crippen molar-refractivity contribution >= 4 is 33.2 Å².